The summed E-state index contributed by atoms with van der Waals surface area (Å²) >= 11 is 0. The minimum Gasteiger partial charge on any atom is -0.383 e. The van der Waals surface area contributed by atoms with Gasteiger partial charge < -0.3 is 5.73 Å². The molecule has 0 atom stereocenters. The first-order chi connectivity index (χ1) is 7.61. The molecule has 5 heteroatoms. The molecule has 2 aromatic rings. The van der Waals surface area contributed by atoms with Gasteiger partial charge in [-0.2, -0.15) is 5.10 Å². The van der Waals surface area contributed by atoms with E-state index in [-0.39, 0.29) is 0 Å². The van der Waals surface area contributed by atoms with Crippen LogP contribution in [0.4, 0.5) is 5.82 Å². The first-order valence-electron chi connectivity index (χ1n) is 5.54. The van der Waals surface area contributed by atoms with Gasteiger partial charge in [0.25, 0.3) is 0 Å². The highest BCUT2D eigenvalue weighted by atomic mass is 15.3. The fourth-order valence-electron chi connectivity index (χ4n) is 1.54. The van der Waals surface area contributed by atoms with E-state index in [1.165, 1.54) is 6.33 Å². The number of rotatable bonds is 1. The summed E-state index contributed by atoms with van der Waals surface area (Å²) in [5.74, 6) is 0.832. The van der Waals surface area contributed by atoms with Crippen molar-refractivity contribution >= 4 is 16.9 Å². The summed E-state index contributed by atoms with van der Waals surface area (Å²) in [4.78, 5) is 8.13. The van der Waals surface area contributed by atoms with Crippen molar-refractivity contribution in [3.63, 3.8) is 0 Å². The highest BCUT2D eigenvalue weighted by Crippen LogP contribution is 2.25. The highest BCUT2D eigenvalue weighted by molar-refractivity contribution is 5.88. The van der Waals surface area contributed by atoms with Gasteiger partial charge in [0.2, 0.25) is 0 Å². The zero-order chi connectivity index (χ0) is 12.3. The molecule has 0 saturated carbocycles. The van der Waals surface area contributed by atoms with Crippen LogP contribution >= 0.6 is 0 Å². The summed E-state index contributed by atoms with van der Waals surface area (Å²) < 4.78 is 1.74. The molecule has 2 rings (SSSR count). The maximum Gasteiger partial charge on any atom is 0.163 e. The molecule has 0 saturated heterocycles. The van der Waals surface area contributed by atoms with Gasteiger partial charge in [-0.3, -0.25) is 4.68 Å². The summed E-state index contributed by atoms with van der Waals surface area (Å²) in [5.41, 5.74) is 7.56. The van der Waals surface area contributed by atoms with Gasteiger partial charge in [0.15, 0.2) is 5.65 Å². The number of nitrogen functional groups attached to an aromatic ring is 1. The van der Waals surface area contributed by atoms with Crippen LogP contribution in [0.15, 0.2) is 6.33 Å². The van der Waals surface area contributed by atoms with E-state index in [4.69, 9.17) is 5.73 Å². The van der Waals surface area contributed by atoms with Gasteiger partial charge in [-0.15, -0.1) is 0 Å². The van der Waals surface area contributed by atoms with E-state index in [1.54, 1.807) is 4.68 Å². The summed E-state index contributed by atoms with van der Waals surface area (Å²) in [6.07, 6.45) is 1.46. The Morgan fingerprint density at radius 3 is 2.44 bits per heavy atom. The third kappa shape index (κ3) is 1.98. The second kappa shape index (κ2) is 4.92. The summed E-state index contributed by atoms with van der Waals surface area (Å²) in [6.45, 7) is 8.16. The standard InChI is InChI=1S/C9H13N5.C2H6/c1-5(2)7-6-8(10)11-4-12-9(6)14(3)13-7;1-2/h4-5H,1-3H3,(H2,10,11,12);1-2H3. The smallest absolute Gasteiger partial charge is 0.163 e. The first kappa shape index (κ1) is 12.4. The van der Waals surface area contributed by atoms with Crippen molar-refractivity contribution in [2.75, 3.05) is 5.73 Å². The molecule has 0 fully saturated rings. The van der Waals surface area contributed by atoms with Gasteiger partial charge in [-0.1, -0.05) is 27.7 Å². The fraction of sp³-hybridized carbons (Fsp3) is 0.545. The van der Waals surface area contributed by atoms with Crippen LogP contribution in [0.3, 0.4) is 0 Å². The number of aryl methyl sites for hydroxylation is 1. The maximum atomic E-state index is 5.80. The monoisotopic (exact) mass is 221 g/mol. The summed E-state index contributed by atoms with van der Waals surface area (Å²) in [5, 5.41) is 5.26. The van der Waals surface area contributed by atoms with Crippen LogP contribution in [0, 0.1) is 0 Å². The van der Waals surface area contributed by atoms with E-state index < -0.39 is 0 Å². The third-order valence-corrected chi connectivity index (χ3v) is 2.22. The van der Waals surface area contributed by atoms with Crippen molar-refractivity contribution in [3.05, 3.63) is 12.0 Å². The third-order valence-electron chi connectivity index (χ3n) is 2.22. The zero-order valence-electron chi connectivity index (χ0n) is 10.5. The lowest BCUT2D eigenvalue weighted by Gasteiger charge is -2.00. The van der Waals surface area contributed by atoms with Crippen LogP contribution < -0.4 is 5.73 Å². The zero-order valence-corrected chi connectivity index (χ0v) is 10.5. The minimum atomic E-state index is 0.326. The maximum absolute atomic E-state index is 5.80. The number of anilines is 1. The van der Waals surface area contributed by atoms with Crippen molar-refractivity contribution in [3.8, 4) is 0 Å². The molecule has 0 bridgehead atoms. The second-order valence-electron chi connectivity index (χ2n) is 3.62. The minimum absolute atomic E-state index is 0.326. The quantitative estimate of drug-likeness (QED) is 0.800. The molecule has 2 heterocycles. The first-order valence-corrected chi connectivity index (χ1v) is 5.54. The normalized spacial score (nSPS) is 10.4. The molecular weight excluding hydrogens is 202 g/mol. The largest absolute Gasteiger partial charge is 0.383 e. The van der Waals surface area contributed by atoms with Gasteiger partial charge >= 0.3 is 0 Å². The number of hydrogen-bond donors (Lipinski definition) is 1. The Labute approximate surface area is 95.7 Å². The van der Waals surface area contributed by atoms with Gasteiger partial charge in [-0.25, -0.2) is 9.97 Å². The van der Waals surface area contributed by atoms with Gasteiger partial charge in [-0.05, 0) is 5.92 Å². The average Bonchev–Trinajstić information content (AvgIpc) is 2.61. The van der Waals surface area contributed by atoms with Crippen molar-refractivity contribution in [2.45, 2.75) is 33.6 Å². The molecule has 0 unspecified atom stereocenters. The van der Waals surface area contributed by atoms with Gasteiger partial charge in [0.1, 0.15) is 12.1 Å². The van der Waals surface area contributed by atoms with E-state index in [0.717, 1.165) is 16.7 Å². The number of nitrogens with zero attached hydrogens (tertiary/aromatic N) is 4. The van der Waals surface area contributed by atoms with Crippen LogP contribution in [-0.4, -0.2) is 19.7 Å². The second-order valence-corrected chi connectivity index (χ2v) is 3.62. The molecule has 0 radical (unpaired) electrons. The Kier molecular flexibility index (Phi) is 3.82. The van der Waals surface area contributed by atoms with E-state index in [9.17, 15) is 0 Å². The van der Waals surface area contributed by atoms with Gasteiger partial charge in [0.05, 0.1) is 11.1 Å². The molecule has 2 aromatic heterocycles. The molecule has 5 nitrogen and oxygen atoms in total. The summed E-state index contributed by atoms with van der Waals surface area (Å²) in [7, 11) is 1.86. The van der Waals surface area contributed by atoms with Crippen molar-refractivity contribution in [1.29, 1.82) is 0 Å². The van der Waals surface area contributed by atoms with Crippen LogP contribution in [0.1, 0.15) is 39.3 Å². The predicted octanol–water partition coefficient (Wildman–Crippen LogP) is 2.10. The molecular formula is C11H19N5. The lowest BCUT2D eigenvalue weighted by Crippen LogP contribution is -1.95. The number of fused-ring (bicyclic) bond motifs is 1. The van der Waals surface area contributed by atoms with E-state index in [1.807, 2.05) is 20.9 Å². The Morgan fingerprint density at radius 2 is 1.88 bits per heavy atom. The van der Waals surface area contributed by atoms with E-state index in [2.05, 4.69) is 28.9 Å². The molecule has 2 N–H and O–H groups in total. The van der Waals surface area contributed by atoms with E-state index in [0.29, 0.717) is 11.7 Å². The van der Waals surface area contributed by atoms with Gasteiger partial charge in [0, 0.05) is 7.05 Å². The Hall–Kier alpha value is -1.65. The SMILES string of the molecule is CC.CC(C)c1nn(C)c2ncnc(N)c12. The van der Waals surface area contributed by atoms with Crippen LogP contribution in [0.5, 0.6) is 0 Å². The lowest BCUT2D eigenvalue weighted by atomic mass is 10.1. The average molecular weight is 221 g/mol. The highest BCUT2D eigenvalue weighted by Gasteiger charge is 2.15. The van der Waals surface area contributed by atoms with E-state index >= 15 is 0 Å². The molecule has 0 aliphatic rings. The Balaban J connectivity index is 0.000000606. The predicted molar refractivity (Wildman–Crippen MR) is 66.2 cm³/mol. The molecule has 0 spiro atoms. The number of nitrogens with two attached hydrogens (primary N) is 1. The van der Waals surface area contributed by atoms with Crippen LogP contribution in [-0.2, 0) is 7.05 Å². The number of hydrogen-bond acceptors (Lipinski definition) is 4. The molecule has 0 aliphatic carbocycles. The summed E-state index contributed by atoms with van der Waals surface area (Å²) in [6, 6.07) is 0. The number of aromatic nitrogens is 4. The molecule has 16 heavy (non-hydrogen) atoms. The lowest BCUT2D eigenvalue weighted by molar-refractivity contribution is 0.724. The van der Waals surface area contributed by atoms with Crippen molar-refractivity contribution in [2.24, 2.45) is 7.05 Å². The van der Waals surface area contributed by atoms with Crippen molar-refractivity contribution in [1.82, 2.24) is 19.7 Å². The molecule has 0 aromatic carbocycles. The topological polar surface area (TPSA) is 69.6 Å². The Bertz CT molecular complexity index is 472. The molecule has 0 amide bonds. The molecule has 88 valence electrons. The fourth-order valence-corrected chi connectivity index (χ4v) is 1.54. The van der Waals surface area contributed by atoms with Crippen LogP contribution in [0.25, 0.3) is 11.0 Å². The Morgan fingerprint density at radius 1 is 1.25 bits per heavy atom. The van der Waals surface area contributed by atoms with Crippen LogP contribution in [0.2, 0.25) is 0 Å². The van der Waals surface area contributed by atoms with Crippen molar-refractivity contribution < 1.29 is 0 Å². The molecule has 0 aliphatic heterocycles.